The lowest BCUT2D eigenvalue weighted by Gasteiger charge is -2.14. The van der Waals surface area contributed by atoms with Gasteiger partial charge in [-0.05, 0) is 0 Å². The molecule has 0 saturated heterocycles. The van der Waals surface area contributed by atoms with E-state index in [2.05, 4.69) is 41.4 Å². The van der Waals surface area contributed by atoms with E-state index < -0.39 is 0 Å². The number of carbonyl (C=O) groups excluding carboxylic acids is 1. The van der Waals surface area contributed by atoms with Gasteiger partial charge in [0.1, 0.15) is 0 Å². The quantitative estimate of drug-likeness (QED) is 0.657. The van der Waals surface area contributed by atoms with Gasteiger partial charge < -0.3 is 9.73 Å². The van der Waals surface area contributed by atoms with E-state index in [0.717, 1.165) is 28.4 Å². The van der Waals surface area contributed by atoms with Crippen molar-refractivity contribution in [2.45, 2.75) is 45.4 Å². The zero-order valence-corrected chi connectivity index (χ0v) is 16.8. The molecular weight excluding hydrogens is 358 g/mol. The molecule has 0 radical (unpaired) electrons. The van der Waals surface area contributed by atoms with Gasteiger partial charge in [-0.2, -0.15) is 0 Å². The van der Waals surface area contributed by atoms with Crippen LogP contribution >= 0.6 is 11.3 Å². The number of hydrogen-bond donors (Lipinski definition) is 1. The first-order valence-corrected chi connectivity index (χ1v) is 10.0. The van der Waals surface area contributed by atoms with Crippen LogP contribution in [0, 0.1) is 0 Å². The summed E-state index contributed by atoms with van der Waals surface area (Å²) in [5.41, 5.74) is 2.15. The second-order valence-corrected chi connectivity index (χ2v) is 8.40. The van der Waals surface area contributed by atoms with Crippen LogP contribution in [-0.2, 0) is 23.1 Å². The first kappa shape index (κ1) is 19.3. The number of nitrogens with one attached hydrogen (secondary N) is 1. The van der Waals surface area contributed by atoms with E-state index in [4.69, 9.17) is 4.42 Å². The summed E-state index contributed by atoms with van der Waals surface area (Å²) in [6.07, 6.45) is 3.31. The van der Waals surface area contributed by atoms with E-state index in [-0.39, 0.29) is 11.3 Å². The summed E-state index contributed by atoms with van der Waals surface area (Å²) < 4.78 is 5.73. The number of carbonyl (C=O) groups is 1. The Morgan fingerprint density at radius 1 is 1.19 bits per heavy atom. The van der Waals surface area contributed by atoms with Crippen LogP contribution in [0.4, 0.5) is 0 Å². The van der Waals surface area contributed by atoms with Gasteiger partial charge in [-0.15, -0.1) is 11.3 Å². The van der Waals surface area contributed by atoms with E-state index in [1.165, 1.54) is 0 Å². The topological polar surface area (TPSA) is 68.0 Å². The summed E-state index contributed by atoms with van der Waals surface area (Å²) in [6, 6.07) is 9.82. The van der Waals surface area contributed by atoms with Crippen LogP contribution in [0.25, 0.3) is 11.3 Å². The van der Waals surface area contributed by atoms with Crippen molar-refractivity contribution in [3.8, 4) is 11.3 Å². The van der Waals surface area contributed by atoms with Gasteiger partial charge in [-0.3, -0.25) is 4.79 Å². The largest absolute Gasteiger partial charge is 0.441 e. The number of oxazole rings is 1. The van der Waals surface area contributed by atoms with Gasteiger partial charge in [0.25, 0.3) is 0 Å². The molecule has 3 rings (SSSR count). The highest BCUT2D eigenvalue weighted by Gasteiger charge is 2.17. The normalized spacial score (nSPS) is 11.5. The highest BCUT2D eigenvalue weighted by molar-refractivity contribution is 7.09. The molecule has 2 heterocycles. The summed E-state index contributed by atoms with van der Waals surface area (Å²) in [6.45, 7) is 7.05. The van der Waals surface area contributed by atoms with Gasteiger partial charge in [0, 0.05) is 42.2 Å². The fourth-order valence-electron chi connectivity index (χ4n) is 2.55. The molecule has 3 aromatic rings. The molecule has 2 aromatic heterocycles. The lowest BCUT2D eigenvalue weighted by Crippen LogP contribution is -2.26. The van der Waals surface area contributed by atoms with E-state index in [0.29, 0.717) is 25.3 Å². The van der Waals surface area contributed by atoms with Crippen molar-refractivity contribution in [1.82, 2.24) is 15.3 Å². The second-order valence-electron chi connectivity index (χ2n) is 7.46. The van der Waals surface area contributed by atoms with E-state index in [9.17, 15) is 4.79 Å². The summed E-state index contributed by atoms with van der Waals surface area (Å²) in [7, 11) is 0. The van der Waals surface area contributed by atoms with Crippen molar-refractivity contribution in [2.75, 3.05) is 6.54 Å². The third-order valence-electron chi connectivity index (χ3n) is 4.16. The zero-order chi connectivity index (χ0) is 19.3. The first-order chi connectivity index (χ1) is 12.9. The second kappa shape index (κ2) is 8.48. The molecule has 0 aliphatic carbocycles. The van der Waals surface area contributed by atoms with E-state index in [1.54, 1.807) is 17.5 Å². The Morgan fingerprint density at radius 3 is 2.67 bits per heavy atom. The molecule has 0 unspecified atom stereocenters. The summed E-state index contributed by atoms with van der Waals surface area (Å²) in [5.74, 6) is 1.31. The van der Waals surface area contributed by atoms with Crippen LogP contribution in [0.5, 0.6) is 0 Å². The lowest BCUT2D eigenvalue weighted by atomic mass is 9.93. The molecule has 1 aromatic carbocycles. The third-order valence-corrected chi connectivity index (χ3v) is 5.07. The van der Waals surface area contributed by atoms with Gasteiger partial charge >= 0.3 is 0 Å². The molecule has 0 fully saturated rings. The number of aromatic nitrogens is 2. The Bertz CT molecular complexity index is 878. The molecule has 0 aliphatic rings. The molecule has 6 heteroatoms. The van der Waals surface area contributed by atoms with Crippen molar-refractivity contribution in [2.24, 2.45) is 0 Å². The predicted octanol–water partition coefficient (Wildman–Crippen LogP) is 4.39. The monoisotopic (exact) mass is 383 g/mol. The molecule has 142 valence electrons. The third kappa shape index (κ3) is 5.50. The minimum Gasteiger partial charge on any atom is -0.441 e. The minimum absolute atomic E-state index is 0.00191. The highest BCUT2D eigenvalue weighted by atomic mass is 32.1. The maximum Gasteiger partial charge on any atom is 0.220 e. The maximum absolute atomic E-state index is 12.1. The lowest BCUT2D eigenvalue weighted by molar-refractivity contribution is -0.121. The van der Waals surface area contributed by atoms with Crippen LogP contribution in [0.2, 0.25) is 0 Å². The summed E-state index contributed by atoms with van der Waals surface area (Å²) in [4.78, 5) is 21.0. The van der Waals surface area contributed by atoms with Crippen molar-refractivity contribution in [1.29, 1.82) is 0 Å². The fraction of sp³-hybridized carbons (Fsp3) is 0.381. The van der Waals surface area contributed by atoms with Gasteiger partial charge in [-0.1, -0.05) is 51.1 Å². The summed E-state index contributed by atoms with van der Waals surface area (Å²) >= 11 is 1.65. The number of rotatable bonds is 7. The Labute approximate surface area is 163 Å². The fourth-order valence-corrected chi connectivity index (χ4v) is 3.57. The SMILES string of the molecule is CC(C)(C)c1csc(CCNC(=O)CCc2ncc(-c3ccccc3)o2)n1. The van der Waals surface area contributed by atoms with Gasteiger partial charge in [0.05, 0.1) is 16.9 Å². The smallest absolute Gasteiger partial charge is 0.220 e. The minimum atomic E-state index is 0.00191. The average molecular weight is 384 g/mol. The molecule has 1 amide bonds. The van der Waals surface area contributed by atoms with Crippen LogP contribution < -0.4 is 5.32 Å². The Kier molecular flexibility index (Phi) is 6.06. The average Bonchev–Trinajstić information content (AvgIpc) is 3.30. The van der Waals surface area contributed by atoms with Crippen molar-refractivity contribution in [3.63, 3.8) is 0 Å². The molecule has 27 heavy (non-hydrogen) atoms. The molecular formula is C21H25N3O2S. The van der Waals surface area contributed by atoms with E-state index >= 15 is 0 Å². The van der Waals surface area contributed by atoms with Gasteiger partial charge in [-0.25, -0.2) is 9.97 Å². The Hall–Kier alpha value is -2.47. The number of amides is 1. The molecule has 0 bridgehead atoms. The van der Waals surface area contributed by atoms with Crippen LogP contribution in [0.15, 0.2) is 46.3 Å². The van der Waals surface area contributed by atoms with Crippen molar-refractivity contribution >= 4 is 17.2 Å². The maximum atomic E-state index is 12.1. The number of benzene rings is 1. The number of thiazole rings is 1. The number of hydrogen-bond acceptors (Lipinski definition) is 5. The van der Waals surface area contributed by atoms with Gasteiger partial charge in [0.2, 0.25) is 5.91 Å². The Morgan fingerprint density at radius 2 is 1.96 bits per heavy atom. The molecule has 0 atom stereocenters. The molecule has 0 aliphatic heterocycles. The highest BCUT2D eigenvalue weighted by Crippen LogP contribution is 2.24. The molecule has 0 spiro atoms. The Balaban J connectivity index is 1.41. The van der Waals surface area contributed by atoms with Crippen molar-refractivity contribution in [3.05, 3.63) is 58.5 Å². The summed E-state index contributed by atoms with van der Waals surface area (Å²) in [5, 5.41) is 6.10. The predicted molar refractivity (Wildman–Crippen MR) is 108 cm³/mol. The van der Waals surface area contributed by atoms with Crippen LogP contribution in [0.1, 0.15) is 43.8 Å². The number of nitrogens with zero attached hydrogens (tertiary/aromatic N) is 2. The number of aryl methyl sites for hydroxylation is 1. The first-order valence-electron chi connectivity index (χ1n) is 9.13. The van der Waals surface area contributed by atoms with Gasteiger partial charge in [0.15, 0.2) is 11.7 Å². The van der Waals surface area contributed by atoms with E-state index in [1.807, 2.05) is 30.3 Å². The molecule has 1 N–H and O–H groups in total. The van der Waals surface area contributed by atoms with Crippen molar-refractivity contribution < 1.29 is 9.21 Å². The molecule has 0 saturated carbocycles. The van der Waals surface area contributed by atoms with Crippen LogP contribution in [0.3, 0.4) is 0 Å². The molecule has 5 nitrogen and oxygen atoms in total. The standard InChI is InChI=1S/C21H25N3O2S/c1-21(2,3)17-14-27-20(24-17)11-12-22-18(25)9-10-19-23-13-16(26-19)15-7-5-4-6-8-15/h4-8,13-14H,9-12H2,1-3H3,(H,22,25). The zero-order valence-electron chi connectivity index (χ0n) is 16.0. The van der Waals surface area contributed by atoms with Crippen LogP contribution in [-0.4, -0.2) is 22.4 Å².